The first kappa shape index (κ1) is 23.6. The molecule has 0 aromatic heterocycles. The van der Waals surface area contributed by atoms with Crippen LogP contribution in [0.25, 0.3) is 0 Å². The second-order valence-corrected chi connectivity index (χ2v) is 10.2. The Hall–Kier alpha value is -2.09. The molecule has 0 unspecified atom stereocenters. The molecule has 0 spiro atoms. The maximum absolute atomic E-state index is 12.9. The van der Waals surface area contributed by atoms with Crippen LogP contribution in [0.4, 0.5) is 5.69 Å². The van der Waals surface area contributed by atoms with Crippen molar-refractivity contribution in [3.8, 4) is 0 Å². The number of hydrogen-bond donors (Lipinski definition) is 2. The number of halogens is 1. The van der Waals surface area contributed by atoms with Crippen LogP contribution in [0, 0.1) is 13.8 Å². The molecule has 0 saturated carbocycles. The molecule has 0 bridgehead atoms. The van der Waals surface area contributed by atoms with E-state index < -0.39 is 10.0 Å². The summed E-state index contributed by atoms with van der Waals surface area (Å²) in [5, 5.41) is 3.24. The lowest BCUT2D eigenvalue weighted by atomic mass is 10.0. The number of sulfonamides is 1. The zero-order valence-corrected chi connectivity index (χ0v) is 19.8. The summed E-state index contributed by atoms with van der Waals surface area (Å²) in [6.45, 7) is 9.00. The highest BCUT2D eigenvalue weighted by atomic mass is 35.5. The number of nitrogens with one attached hydrogen (secondary N) is 2. The van der Waals surface area contributed by atoms with Crippen LogP contribution in [-0.2, 0) is 10.0 Å². The molecular weight excluding hydrogens is 434 g/mol. The highest BCUT2D eigenvalue weighted by Gasteiger charge is 2.23. The number of aryl methyl sites for hydroxylation is 2. The lowest BCUT2D eigenvalue weighted by molar-refractivity contribution is 0.0911. The van der Waals surface area contributed by atoms with Gasteiger partial charge in [-0.15, -0.1) is 0 Å². The minimum Gasteiger partial charge on any atom is -0.349 e. The predicted octanol–water partition coefficient (Wildman–Crippen LogP) is 4.36. The minimum absolute atomic E-state index is 0.00181. The number of carbonyl (C=O) groups is 1. The molecule has 3 rings (SSSR count). The van der Waals surface area contributed by atoms with Gasteiger partial charge in [-0.1, -0.05) is 24.6 Å². The average Bonchev–Trinajstić information content (AvgIpc) is 2.72. The lowest BCUT2D eigenvalue weighted by Gasteiger charge is -2.32. The Labute approximate surface area is 190 Å². The monoisotopic (exact) mass is 463 g/mol. The molecule has 6 nitrogen and oxygen atoms in total. The number of carbonyl (C=O) groups excluding carboxylic acids is 1. The van der Waals surface area contributed by atoms with E-state index in [1.54, 1.807) is 12.1 Å². The summed E-state index contributed by atoms with van der Waals surface area (Å²) in [6, 6.07) is 9.62. The van der Waals surface area contributed by atoms with Gasteiger partial charge < -0.3 is 10.2 Å². The van der Waals surface area contributed by atoms with Gasteiger partial charge in [-0.05, 0) is 81.1 Å². The van der Waals surface area contributed by atoms with Crippen molar-refractivity contribution in [3.63, 3.8) is 0 Å². The van der Waals surface area contributed by atoms with Gasteiger partial charge in [-0.25, -0.2) is 8.42 Å². The summed E-state index contributed by atoms with van der Waals surface area (Å²) in [4.78, 5) is 15.2. The second-order valence-electron chi connectivity index (χ2n) is 8.14. The largest absolute Gasteiger partial charge is 0.349 e. The Morgan fingerprint density at radius 1 is 1.10 bits per heavy atom. The molecule has 1 saturated heterocycles. The van der Waals surface area contributed by atoms with Crippen LogP contribution in [-0.4, -0.2) is 44.9 Å². The molecule has 168 valence electrons. The molecule has 0 radical (unpaired) electrons. The zero-order chi connectivity index (χ0) is 22.6. The number of nitrogens with zero attached hydrogens (tertiary/aromatic N) is 1. The fourth-order valence-corrected chi connectivity index (χ4v) is 5.02. The van der Waals surface area contributed by atoms with Gasteiger partial charge in [-0.2, -0.15) is 0 Å². The van der Waals surface area contributed by atoms with Gasteiger partial charge in [0.1, 0.15) is 0 Å². The summed E-state index contributed by atoms with van der Waals surface area (Å²) in [7, 11) is -3.86. The standard InChI is InChI=1S/C23H30ClN3O3S/c1-4-11-27-12-9-18(10-13-27)25-23(28)21-15-20(7-8-22(21)24)31(29,30)26-19-6-5-16(2)17(3)14-19/h5-8,14-15,18,26H,4,9-13H2,1-3H3,(H,25,28). The highest BCUT2D eigenvalue weighted by molar-refractivity contribution is 7.92. The molecule has 2 aromatic rings. The van der Waals surface area contributed by atoms with Gasteiger partial charge in [0.05, 0.1) is 15.5 Å². The third kappa shape index (κ3) is 5.99. The third-order valence-corrected chi connectivity index (χ3v) is 7.42. The number of likely N-dealkylation sites (tertiary alicyclic amines) is 1. The highest BCUT2D eigenvalue weighted by Crippen LogP contribution is 2.24. The molecule has 0 aliphatic carbocycles. The van der Waals surface area contributed by atoms with E-state index in [0.29, 0.717) is 5.69 Å². The van der Waals surface area contributed by atoms with Gasteiger partial charge in [0.25, 0.3) is 15.9 Å². The Morgan fingerprint density at radius 3 is 2.45 bits per heavy atom. The first-order chi connectivity index (χ1) is 14.7. The Kier molecular flexibility index (Phi) is 7.62. The van der Waals surface area contributed by atoms with Crippen LogP contribution >= 0.6 is 11.6 Å². The van der Waals surface area contributed by atoms with Crippen LogP contribution in [0.5, 0.6) is 0 Å². The van der Waals surface area contributed by atoms with E-state index >= 15 is 0 Å². The maximum atomic E-state index is 12.9. The van der Waals surface area contributed by atoms with Crippen molar-refractivity contribution in [2.75, 3.05) is 24.4 Å². The number of anilines is 1. The summed E-state index contributed by atoms with van der Waals surface area (Å²) in [6.07, 6.45) is 2.86. The van der Waals surface area contributed by atoms with Gasteiger partial charge in [0.2, 0.25) is 0 Å². The van der Waals surface area contributed by atoms with E-state index in [1.807, 2.05) is 19.9 Å². The van der Waals surface area contributed by atoms with Crippen LogP contribution in [0.15, 0.2) is 41.3 Å². The quantitative estimate of drug-likeness (QED) is 0.639. The van der Waals surface area contributed by atoms with Crippen molar-refractivity contribution < 1.29 is 13.2 Å². The van der Waals surface area contributed by atoms with Crippen molar-refractivity contribution in [1.82, 2.24) is 10.2 Å². The Balaban J connectivity index is 1.73. The van der Waals surface area contributed by atoms with Gasteiger partial charge in [-0.3, -0.25) is 9.52 Å². The van der Waals surface area contributed by atoms with Crippen LogP contribution in [0.3, 0.4) is 0 Å². The normalized spacial score (nSPS) is 15.6. The molecule has 0 atom stereocenters. The van der Waals surface area contributed by atoms with E-state index in [2.05, 4.69) is 21.9 Å². The van der Waals surface area contributed by atoms with Crippen molar-refractivity contribution >= 4 is 33.2 Å². The zero-order valence-electron chi connectivity index (χ0n) is 18.2. The van der Waals surface area contributed by atoms with Gasteiger partial charge in [0.15, 0.2) is 0 Å². The van der Waals surface area contributed by atoms with E-state index in [1.165, 1.54) is 18.2 Å². The Bertz CT molecular complexity index is 1050. The van der Waals surface area contributed by atoms with Crippen molar-refractivity contribution in [1.29, 1.82) is 0 Å². The fourth-order valence-electron chi connectivity index (χ4n) is 3.74. The topological polar surface area (TPSA) is 78.5 Å². The average molecular weight is 464 g/mol. The molecule has 1 fully saturated rings. The summed E-state index contributed by atoms with van der Waals surface area (Å²) >= 11 is 6.24. The molecule has 1 heterocycles. The van der Waals surface area contributed by atoms with E-state index in [0.717, 1.165) is 50.0 Å². The maximum Gasteiger partial charge on any atom is 0.261 e. The van der Waals surface area contributed by atoms with Crippen molar-refractivity contribution in [3.05, 3.63) is 58.1 Å². The van der Waals surface area contributed by atoms with Gasteiger partial charge >= 0.3 is 0 Å². The molecular formula is C23H30ClN3O3S. The smallest absolute Gasteiger partial charge is 0.261 e. The number of hydrogen-bond acceptors (Lipinski definition) is 4. The fraction of sp³-hybridized carbons (Fsp3) is 0.435. The number of benzene rings is 2. The molecule has 1 aliphatic rings. The SMILES string of the molecule is CCCN1CCC(NC(=O)c2cc(S(=O)(=O)Nc3ccc(C)c(C)c3)ccc2Cl)CC1. The molecule has 2 N–H and O–H groups in total. The van der Waals surface area contributed by atoms with Gasteiger partial charge in [0, 0.05) is 24.8 Å². The lowest BCUT2D eigenvalue weighted by Crippen LogP contribution is -2.44. The van der Waals surface area contributed by atoms with E-state index in [4.69, 9.17) is 11.6 Å². The second kappa shape index (κ2) is 10.0. The molecule has 8 heteroatoms. The number of rotatable bonds is 7. The molecule has 1 aliphatic heterocycles. The number of amides is 1. The van der Waals surface area contributed by atoms with Crippen molar-refractivity contribution in [2.45, 2.75) is 51.0 Å². The summed E-state index contributed by atoms with van der Waals surface area (Å²) in [5.41, 5.74) is 2.71. The molecule has 1 amide bonds. The summed E-state index contributed by atoms with van der Waals surface area (Å²) in [5.74, 6) is -0.345. The van der Waals surface area contributed by atoms with Crippen LogP contribution in [0.1, 0.15) is 47.7 Å². The number of piperidine rings is 1. The third-order valence-electron chi connectivity index (χ3n) is 5.71. The first-order valence-electron chi connectivity index (χ1n) is 10.6. The molecule has 31 heavy (non-hydrogen) atoms. The Morgan fingerprint density at radius 2 is 1.81 bits per heavy atom. The first-order valence-corrected chi connectivity index (χ1v) is 12.5. The molecule has 2 aromatic carbocycles. The minimum atomic E-state index is -3.86. The van der Waals surface area contributed by atoms with Crippen molar-refractivity contribution in [2.24, 2.45) is 0 Å². The van der Waals surface area contributed by atoms with Crippen LogP contribution < -0.4 is 10.0 Å². The predicted molar refractivity (Wildman–Crippen MR) is 125 cm³/mol. The van der Waals surface area contributed by atoms with Crippen LogP contribution in [0.2, 0.25) is 5.02 Å². The summed E-state index contributed by atoms with van der Waals surface area (Å²) < 4.78 is 28.3. The van der Waals surface area contributed by atoms with E-state index in [9.17, 15) is 13.2 Å². The van der Waals surface area contributed by atoms with E-state index in [-0.39, 0.29) is 27.4 Å².